The first kappa shape index (κ1) is 20.1. The summed E-state index contributed by atoms with van der Waals surface area (Å²) in [4.78, 5) is 39.8. The number of hydrogen-bond acceptors (Lipinski definition) is 4. The molecular weight excluding hydrogens is 434 g/mol. The fourth-order valence-corrected chi connectivity index (χ4v) is 4.56. The molecule has 0 atom stereocenters. The van der Waals surface area contributed by atoms with Gasteiger partial charge in [0.1, 0.15) is 5.75 Å². The quantitative estimate of drug-likeness (QED) is 0.412. The van der Waals surface area contributed by atoms with Crippen LogP contribution in [0.15, 0.2) is 58.1 Å². The fourth-order valence-electron chi connectivity index (χ4n) is 4.30. The van der Waals surface area contributed by atoms with Crippen LogP contribution in [-0.2, 0) is 6.54 Å². The molecule has 0 unspecified atom stereocenters. The third kappa shape index (κ3) is 3.29. The summed E-state index contributed by atoms with van der Waals surface area (Å²) in [5, 5.41) is 21.3. The molecule has 9 heteroatoms. The standard InChI is InChI=1S/C23H18ClN3O5/c24-18-8-20-19(7-17(18)16-6-14(28)5-13-3-1-2-4-15(13)16)25-21(29)22(30)27(20)11-12-9-26(10-12)23(31)32/h1-8,12,28H,9-11H2,(H,25,29)(H,31,32). The van der Waals surface area contributed by atoms with Gasteiger partial charge in [0.05, 0.1) is 16.1 Å². The van der Waals surface area contributed by atoms with Gasteiger partial charge in [-0.1, -0.05) is 35.9 Å². The molecule has 2 heterocycles. The predicted molar refractivity (Wildman–Crippen MR) is 122 cm³/mol. The number of aromatic hydroxyl groups is 1. The van der Waals surface area contributed by atoms with Crippen LogP contribution in [0.1, 0.15) is 0 Å². The summed E-state index contributed by atoms with van der Waals surface area (Å²) in [6, 6.07) is 14.1. The van der Waals surface area contributed by atoms with Crippen LogP contribution >= 0.6 is 11.6 Å². The lowest BCUT2D eigenvalue weighted by molar-refractivity contribution is 0.0748. The lowest BCUT2D eigenvalue weighted by Gasteiger charge is -2.37. The van der Waals surface area contributed by atoms with Crippen LogP contribution in [-0.4, -0.2) is 43.8 Å². The number of nitrogens with one attached hydrogen (secondary N) is 1. The highest BCUT2D eigenvalue weighted by Crippen LogP contribution is 2.38. The zero-order chi connectivity index (χ0) is 22.6. The molecule has 0 radical (unpaired) electrons. The minimum absolute atomic E-state index is 0.0673. The number of H-pyrrole nitrogens is 1. The first-order valence-corrected chi connectivity index (χ1v) is 10.4. The summed E-state index contributed by atoms with van der Waals surface area (Å²) in [6.45, 7) is 0.822. The maximum atomic E-state index is 12.6. The number of hydrogen-bond donors (Lipinski definition) is 3. The van der Waals surface area contributed by atoms with Gasteiger partial charge >= 0.3 is 17.2 Å². The molecule has 0 spiro atoms. The summed E-state index contributed by atoms with van der Waals surface area (Å²) in [6.07, 6.45) is -1.00. The number of phenols is 1. The molecule has 1 amide bonds. The summed E-state index contributed by atoms with van der Waals surface area (Å²) < 4.78 is 1.36. The van der Waals surface area contributed by atoms with Crippen LogP contribution in [0.5, 0.6) is 5.75 Å². The van der Waals surface area contributed by atoms with E-state index >= 15 is 0 Å². The third-order valence-electron chi connectivity index (χ3n) is 5.87. The highest BCUT2D eigenvalue weighted by atomic mass is 35.5. The van der Waals surface area contributed by atoms with E-state index in [1.165, 1.54) is 9.47 Å². The molecule has 0 aliphatic carbocycles. The van der Waals surface area contributed by atoms with Crippen LogP contribution < -0.4 is 11.1 Å². The molecule has 4 aromatic rings. The van der Waals surface area contributed by atoms with Gasteiger partial charge in [0.15, 0.2) is 0 Å². The minimum Gasteiger partial charge on any atom is -0.508 e. The summed E-state index contributed by atoms with van der Waals surface area (Å²) >= 11 is 6.63. The first-order chi connectivity index (χ1) is 15.3. The molecule has 0 bridgehead atoms. The molecule has 32 heavy (non-hydrogen) atoms. The van der Waals surface area contributed by atoms with Crippen molar-refractivity contribution in [2.45, 2.75) is 6.54 Å². The van der Waals surface area contributed by atoms with Gasteiger partial charge in [-0.2, -0.15) is 0 Å². The molecule has 1 aliphatic heterocycles. The minimum atomic E-state index is -1.00. The topological polar surface area (TPSA) is 116 Å². The lowest BCUT2D eigenvalue weighted by atomic mass is 9.97. The Hall–Kier alpha value is -3.78. The van der Waals surface area contributed by atoms with Crippen molar-refractivity contribution in [2.24, 2.45) is 5.92 Å². The van der Waals surface area contributed by atoms with Gasteiger partial charge in [-0.3, -0.25) is 9.59 Å². The second-order valence-electron chi connectivity index (χ2n) is 7.99. The van der Waals surface area contributed by atoms with Crippen molar-refractivity contribution in [1.29, 1.82) is 0 Å². The van der Waals surface area contributed by atoms with Gasteiger partial charge < -0.3 is 24.7 Å². The molecule has 3 N–H and O–H groups in total. The molecule has 0 saturated carbocycles. The van der Waals surface area contributed by atoms with E-state index in [2.05, 4.69) is 4.98 Å². The van der Waals surface area contributed by atoms with Crippen LogP contribution in [0, 0.1) is 5.92 Å². The van der Waals surface area contributed by atoms with E-state index in [4.69, 9.17) is 16.7 Å². The highest BCUT2D eigenvalue weighted by molar-refractivity contribution is 6.34. The van der Waals surface area contributed by atoms with Crippen LogP contribution in [0.2, 0.25) is 5.02 Å². The summed E-state index contributed by atoms with van der Waals surface area (Å²) in [7, 11) is 0. The van der Waals surface area contributed by atoms with Gasteiger partial charge in [-0.05, 0) is 40.6 Å². The smallest absolute Gasteiger partial charge is 0.407 e. The van der Waals surface area contributed by atoms with E-state index in [9.17, 15) is 19.5 Å². The molecule has 1 saturated heterocycles. The Labute approximate surface area is 185 Å². The number of benzene rings is 3. The number of fused-ring (bicyclic) bond motifs is 2. The Morgan fingerprint density at radius 1 is 1.09 bits per heavy atom. The van der Waals surface area contributed by atoms with Crippen molar-refractivity contribution < 1.29 is 15.0 Å². The second-order valence-corrected chi connectivity index (χ2v) is 8.39. The second kappa shape index (κ2) is 7.42. The first-order valence-electron chi connectivity index (χ1n) is 9.98. The maximum absolute atomic E-state index is 12.6. The Kier molecular flexibility index (Phi) is 4.67. The van der Waals surface area contributed by atoms with Crippen molar-refractivity contribution in [3.8, 4) is 16.9 Å². The summed E-state index contributed by atoms with van der Waals surface area (Å²) in [5.74, 6) is 0.0172. The third-order valence-corrected chi connectivity index (χ3v) is 6.18. The Bertz CT molecular complexity index is 1520. The number of amides is 1. The molecule has 1 aromatic heterocycles. The van der Waals surface area contributed by atoms with Crippen molar-refractivity contribution in [1.82, 2.24) is 14.5 Å². The number of likely N-dealkylation sites (tertiary alicyclic amines) is 1. The van der Waals surface area contributed by atoms with Crippen molar-refractivity contribution in [2.75, 3.05) is 13.1 Å². The van der Waals surface area contributed by atoms with E-state index in [0.717, 1.165) is 10.8 Å². The van der Waals surface area contributed by atoms with E-state index < -0.39 is 17.2 Å². The van der Waals surface area contributed by atoms with Crippen LogP contribution in [0.25, 0.3) is 32.9 Å². The Morgan fingerprint density at radius 2 is 1.84 bits per heavy atom. The largest absolute Gasteiger partial charge is 0.508 e. The average Bonchev–Trinajstić information content (AvgIpc) is 2.72. The summed E-state index contributed by atoms with van der Waals surface area (Å²) in [5.41, 5.74) is 0.714. The molecule has 5 rings (SSSR count). The zero-order valence-corrected chi connectivity index (χ0v) is 17.5. The number of aromatic nitrogens is 2. The van der Waals surface area contributed by atoms with E-state index in [1.54, 1.807) is 24.3 Å². The van der Waals surface area contributed by atoms with Crippen molar-refractivity contribution in [3.05, 3.63) is 74.3 Å². The fraction of sp³-hybridized carbons (Fsp3) is 0.174. The monoisotopic (exact) mass is 451 g/mol. The molecule has 1 fully saturated rings. The van der Waals surface area contributed by atoms with E-state index in [0.29, 0.717) is 40.3 Å². The van der Waals surface area contributed by atoms with Crippen LogP contribution in [0.3, 0.4) is 0 Å². The molecule has 1 aliphatic rings. The van der Waals surface area contributed by atoms with Crippen molar-refractivity contribution >= 4 is 39.5 Å². The van der Waals surface area contributed by atoms with Crippen molar-refractivity contribution in [3.63, 3.8) is 0 Å². The molecular formula is C23H18ClN3O5. The van der Waals surface area contributed by atoms with E-state index in [-0.39, 0.29) is 18.2 Å². The van der Waals surface area contributed by atoms with Gasteiger partial charge in [0, 0.05) is 31.1 Å². The number of rotatable bonds is 3. The van der Waals surface area contributed by atoms with Gasteiger partial charge in [0.25, 0.3) is 0 Å². The van der Waals surface area contributed by atoms with Crippen LogP contribution in [0.4, 0.5) is 4.79 Å². The lowest BCUT2D eigenvalue weighted by Crippen LogP contribution is -2.52. The SMILES string of the molecule is O=C(O)N1CC(Cn2c(=O)c(=O)[nH]c3cc(-c4cc(O)cc5ccccc45)c(Cl)cc32)C1. The maximum Gasteiger partial charge on any atom is 0.407 e. The number of carboxylic acid groups (broad SMARTS) is 1. The zero-order valence-electron chi connectivity index (χ0n) is 16.7. The highest BCUT2D eigenvalue weighted by Gasteiger charge is 2.31. The molecule has 8 nitrogen and oxygen atoms in total. The van der Waals surface area contributed by atoms with E-state index in [1.807, 2.05) is 24.3 Å². The number of aromatic amines is 1. The predicted octanol–water partition coefficient (Wildman–Crippen LogP) is 3.48. The Morgan fingerprint density at radius 3 is 2.59 bits per heavy atom. The van der Waals surface area contributed by atoms with Gasteiger partial charge in [-0.15, -0.1) is 0 Å². The number of phenolic OH excluding ortho intramolecular Hbond substituents is 1. The number of halogens is 1. The molecule has 162 valence electrons. The van der Waals surface area contributed by atoms with Gasteiger partial charge in [-0.25, -0.2) is 4.79 Å². The average molecular weight is 452 g/mol. The number of nitrogens with zero attached hydrogens (tertiary/aromatic N) is 2. The Balaban J connectivity index is 1.66. The van der Waals surface area contributed by atoms with Gasteiger partial charge in [0.2, 0.25) is 0 Å². The number of carbonyl (C=O) groups is 1. The molecule has 3 aromatic carbocycles. The normalized spacial score (nSPS) is 14.1.